The highest BCUT2D eigenvalue weighted by Gasteiger charge is 2.02. The van der Waals surface area contributed by atoms with Gasteiger partial charge in [-0.3, -0.25) is 4.98 Å². The Labute approximate surface area is 138 Å². The molecule has 0 aliphatic carbocycles. The molecule has 0 saturated carbocycles. The van der Waals surface area contributed by atoms with E-state index in [1.54, 1.807) is 0 Å². The van der Waals surface area contributed by atoms with E-state index in [4.69, 9.17) is 0 Å². The van der Waals surface area contributed by atoms with Crippen molar-refractivity contribution in [1.29, 1.82) is 0 Å². The van der Waals surface area contributed by atoms with Crippen LogP contribution in [0.2, 0.25) is 0 Å². The maximum absolute atomic E-state index is 4.20. The molecule has 0 fully saturated rings. The number of rotatable bonds is 3. The summed E-state index contributed by atoms with van der Waals surface area (Å²) in [5, 5.41) is 2.43. The van der Waals surface area contributed by atoms with E-state index in [0.717, 1.165) is 0 Å². The van der Waals surface area contributed by atoms with E-state index in [-0.39, 0.29) is 0 Å². The highest BCUT2D eigenvalue weighted by atomic mass is 14.6. The van der Waals surface area contributed by atoms with Crippen molar-refractivity contribution in [1.82, 2.24) is 4.98 Å². The molecule has 1 heteroatoms. The Balaban J connectivity index is 1.95. The quantitative estimate of drug-likeness (QED) is 0.536. The largest absolute Gasteiger partial charge is 0.264 e. The molecule has 0 atom stereocenters. The van der Waals surface area contributed by atoms with Gasteiger partial charge in [0.25, 0.3) is 0 Å². The average molecular weight is 299 g/mol. The number of nitrogens with zero attached hydrogens (tertiary/aromatic N) is 1. The Morgan fingerprint density at radius 3 is 2.39 bits per heavy atom. The summed E-state index contributed by atoms with van der Waals surface area (Å²) < 4.78 is 0. The van der Waals surface area contributed by atoms with Crippen LogP contribution in [-0.4, -0.2) is 4.98 Å². The average Bonchev–Trinajstić information content (AvgIpc) is 2.59. The molecule has 1 aromatic heterocycles. The minimum atomic E-state index is 1.18. The number of pyridine rings is 1. The Kier molecular flexibility index (Phi) is 4.38. The van der Waals surface area contributed by atoms with Gasteiger partial charge < -0.3 is 0 Å². The molecule has 0 aliphatic heterocycles. The van der Waals surface area contributed by atoms with Crippen molar-refractivity contribution in [3.8, 4) is 0 Å². The van der Waals surface area contributed by atoms with Crippen molar-refractivity contribution >= 4 is 21.9 Å². The number of hydrogen-bond donors (Lipinski definition) is 0. The summed E-state index contributed by atoms with van der Waals surface area (Å²) in [6, 6.07) is 17.1. The van der Waals surface area contributed by atoms with Gasteiger partial charge in [0, 0.05) is 17.8 Å². The first-order chi connectivity index (χ1) is 11.1. The van der Waals surface area contributed by atoms with E-state index in [0.29, 0.717) is 0 Å². The van der Waals surface area contributed by atoms with Crippen LogP contribution in [0.3, 0.4) is 0 Å². The number of allylic oxidation sites excluding steroid dienone is 4. The SMILES string of the molecule is C/C(=C\C=C(/C)c1cccc2cnccc12)c1ccc(C)cc1. The Hall–Kier alpha value is -2.67. The Bertz CT molecular complexity index is 878. The third-order valence-electron chi connectivity index (χ3n) is 4.20. The second kappa shape index (κ2) is 6.62. The molecule has 0 aliphatic rings. The minimum absolute atomic E-state index is 1.18. The summed E-state index contributed by atoms with van der Waals surface area (Å²) in [4.78, 5) is 4.20. The fourth-order valence-corrected chi connectivity index (χ4v) is 2.72. The summed E-state index contributed by atoms with van der Waals surface area (Å²) >= 11 is 0. The van der Waals surface area contributed by atoms with Crippen molar-refractivity contribution in [2.75, 3.05) is 0 Å². The first-order valence-corrected chi connectivity index (χ1v) is 7.90. The summed E-state index contributed by atoms with van der Waals surface area (Å²) in [5.74, 6) is 0. The molecular formula is C22H21N. The van der Waals surface area contributed by atoms with Gasteiger partial charge in [-0.1, -0.05) is 60.2 Å². The Morgan fingerprint density at radius 2 is 1.61 bits per heavy atom. The van der Waals surface area contributed by atoms with Crippen LogP contribution in [0.15, 0.2) is 73.1 Å². The van der Waals surface area contributed by atoms with E-state index in [9.17, 15) is 0 Å². The van der Waals surface area contributed by atoms with Crippen LogP contribution in [0, 0.1) is 6.92 Å². The third-order valence-corrected chi connectivity index (χ3v) is 4.20. The monoisotopic (exact) mass is 299 g/mol. The highest BCUT2D eigenvalue weighted by molar-refractivity contribution is 5.93. The smallest absolute Gasteiger partial charge is 0.0346 e. The third kappa shape index (κ3) is 3.40. The van der Waals surface area contributed by atoms with Gasteiger partial charge in [-0.05, 0) is 54.5 Å². The zero-order chi connectivity index (χ0) is 16.2. The standard InChI is InChI=1S/C22H21N/c1-16-7-11-19(12-8-16)17(2)9-10-18(3)21-6-4-5-20-15-23-14-13-22(20)21/h4-15H,1-3H3/b17-9+,18-10+. The molecular weight excluding hydrogens is 278 g/mol. The fraction of sp³-hybridized carbons (Fsp3) is 0.136. The predicted octanol–water partition coefficient (Wildman–Crippen LogP) is 6.05. The van der Waals surface area contributed by atoms with Crippen LogP contribution >= 0.6 is 0 Å². The molecule has 0 spiro atoms. The normalized spacial score (nSPS) is 12.7. The molecule has 114 valence electrons. The van der Waals surface area contributed by atoms with Gasteiger partial charge in [0.1, 0.15) is 0 Å². The molecule has 3 rings (SSSR count). The molecule has 2 aromatic carbocycles. The van der Waals surface area contributed by atoms with E-state index < -0.39 is 0 Å². The molecule has 0 saturated heterocycles. The van der Waals surface area contributed by atoms with Gasteiger partial charge >= 0.3 is 0 Å². The van der Waals surface area contributed by atoms with Crippen LogP contribution in [0.1, 0.15) is 30.5 Å². The topological polar surface area (TPSA) is 12.9 Å². The second-order valence-corrected chi connectivity index (χ2v) is 5.97. The van der Waals surface area contributed by atoms with Crippen molar-refractivity contribution < 1.29 is 0 Å². The molecule has 0 N–H and O–H groups in total. The molecule has 3 aromatic rings. The number of aromatic nitrogens is 1. The van der Waals surface area contributed by atoms with Crippen molar-refractivity contribution in [2.24, 2.45) is 0 Å². The number of hydrogen-bond acceptors (Lipinski definition) is 1. The maximum atomic E-state index is 4.20. The number of fused-ring (bicyclic) bond motifs is 1. The summed E-state index contributed by atoms with van der Waals surface area (Å²) in [7, 11) is 0. The van der Waals surface area contributed by atoms with Gasteiger partial charge in [-0.15, -0.1) is 0 Å². The fourth-order valence-electron chi connectivity index (χ4n) is 2.72. The van der Waals surface area contributed by atoms with E-state index in [2.05, 4.69) is 86.4 Å². The summed E-state index contributed by atoms with van der Waals surface area (Å²) in [5.41, 5.74) is 6.34. The molecule has 0 radical (unpaired) electrons. The molecule has 23 heavy (non-hydrogen) atoms. The van der Waals surface area contributed by atoms with E-state index in [1.165, 1.54) is 38.6 Å². The van der Waals surface area contributed by atoms with Crippen LogP contribution in [0.5, 0.6) is 0 Å². The zero-order valence-corrected chi connectivity index (χ0v) is 13.9. The lowest BCUT2D eigenvalue weighted by Gasteiger charge is -2.06. The van der Waals surface area contributed by atoms with Crippen molar-refractivity contribution in [2.45, 2.75) is 20.8 Å². The second-order valence-electron chi connectivity index (χ2n) is 5.97. The summed E-state index contributed by atoms with van der Waals surface area (Å²) in [6.45, 7) is 6.43. The molecule has 0 amide bonds. The van der Waals surface area contributed by atoms with Gasteiger partial charge in [-0.2, -0.15) is 0 Å². The minimum Gasteiger partial charge on any atom is -0.264 e. The predicted molar refractivity (Wildman–Crippen MR) is 100 cm³/mol. The molecule has 1 heterocycles. The van der Waals surface area contributed by atoms with Gasteiger partial charge in [0.15, 0.2) is 0 Å². The van der Waals surface area contributed by atoms with E-state index in [1.807, 2.05) is 12.4 Å². The Morgan fingerprint density at radius 1 is 0.870 bits per heavy atom. The zero-order valence-electron chi connectivity index (χ0n) is 13.9. The first kappa shape index (κ1) is 15.2. The maximum Gasteiger partial charge on any atom is 0.0346 e. The van der Waals surface area contributed by atoms with Gasteiger partial charge in [0.2, 0.25) is 0 Å². The van der Waals surface area contributed by atoms with Crippen LogP contribution in [0.4, 0.5) is 0 Å². The number of aryl methyl sites for hydroxylation is 1. The highest BCUT2D eigenvalue weighted by Crippen LogP contribution is 2.25. The van der Waals surface area contributed by atoms with Crippen molar-refractivity contribution in [3.63, 3.8) is 0 Å². The molecule has 0 bridgehead atoms. The van der Waals surface area contributed by atoms with Crippen LogP contribution in [0.25, 0.3) is 21.9 Å². The molecule has 1 nitrogen and oxygen atoms in total. The molecule has 0 unspecified atom stereocenters. The van der Waals surface area contributed by atoms with Crippen molar-refractivity contribution in [3.05, 3.63) is 89.8 Å². The number of benzene rings is 2. The lowest BCUT2D eigenvalue weighted by atomic mass is 9.99. The van der Waals surface area contributed by atoms with Gasteiger partial charge in [-0.25, -0.2) is 0 Å². The van der Waals surface area contributed by atoms with Gasteiger partial charge in [0.05, 0.1) is 0 Å². The van der Waals surface area contributed by atoms with Crippen LogP contribution in [-0.2, 0) is 0 Å². The lowest BCUT2D eigenvalue weighted by molar-refractivity contribution is 1.36. The van der Waals surface area contributed by atoms with Crippen LogP contribution < -0.4 is 0 Å². The first-order valence-electron chi connectivity index (χ1n) is 7.90. The van der Waals surface area contributed by atoms with E-state index >= 15 is 0 Å². The lowest BCUT2D eigenvalue weighted by Crippen LogP contribution is -1.84. The summed E-state index contributed by atoms with van der Waals surface area (Å²) in [6.07, 6.45) is 8.16.